The van der Waals surface area contributed by atoms with Crippen molar-refractivity contribution in [3.05, 3.63) is 29.6 Å². The van der Waals surface area contributed by atoms with E-state index in [0.29, 0.717) is 17.8 Å². The Bertz CT molecular complexity index is 525. The number of carbonyl (C=O) groups is 2. The highest BCUT2D eigenvalue weighted by Gasteiger charge is 2.21. The molecular weight excluding hydrogens is 280 g/mol. The summed E-state index contributed by atoms with van der Waals surface area (Å²) < 4.78 is 0. The van der Waals surface area contributed by atoms with Crippen LogP contribution in [0.3, 0.4) is 0 Å². The standard InChI is InChI=1S/C16H24N4O2/c1-19(2)9-5-7-18-15(21)13-6-8-17-14(12-13)16(22)20-10-3-4-11-20/h6,8,12H,3-5,7,9-11H2,1-2H3,(H,18,21). The molecule has 2 amide bonds. The molecule has 0 aliphatic carbocycles. The van der Waals surface area contributed by atoms with Crippen molar-refractivity contribution in [2.75, 3.05) is 40.3 Å². The molecule has 1 saturated heterocycles. The van der Waals surface area contributed by atoms with Crippen molar-refractivity contribution in [2.45, 2.75) is 19.3 Å². The Balaban J connectivity index is 1.92. The maximum atomic E-state index is 12.3. The third kappa shape index (κ3) is 4.53. The minimum atomic E-state index is -0.156. The Hall–Kier alpha value is -1.95. The van der Waals surface area contributed by atoms with Crippen molar-refractivity contribution in [3.63, 3.8) is 0 Å². The van der Waals surface area contributed by atoms with Crippen LogP contribution >= 0.6 is 0 Å². The highest BCUT2D eigenvalue weighted by molar-refractivity contribution is 5.98. The maximum Gasteiger partial charge on any atom is 0.272 e. The second-order valence-corrected chi connectivity index (χ2v) is 5.84. The third-order valence-corrected chi connectivity index (χ3v) is 3.70. The molecule has 0 aromatic carbocycles. The SMILES string of the molecule is CN(C)CCCNC(=O)c1ccnc(C(=O)N2CCCC2)c1. The molecular formula is C16H24N4O2. The Morgan fingerprint density at radius 3 is 2.73 bits per heavy atom. The van der Waals surface area contributed by atoms with Gasteiger partial charge >= 0.3 is 0 Å². The fourth-order valence-electron chi connectivity index (χ4n) is 2.47. The van der Waals surface area contributed by atoms with Crippen LogP contribution in [0.4, 0.5) is 0 Å². The number of hydrogen-bond donors (Lipinski definition) is 1. The van der Waals surface area contributed by atoms with Crippen LogP contribution in [0.25, 0.3) is 0 Å². The topological polar surface area (TPSA) is 65.5 Å². The number of hydrogen-bond acceptors (Lipinski definition) is 4. The highest BCUT2D eigenvalue weighted by Crippen LogP contribution is 2.12. The van der Waals surface area contributed by atoms with Crippen molar-refractivity contribution in [1.82, 2.24) is 20.1 Å². The van der Waals surface area contributed by atoms with E-state index in [4.69, 9.17) is 0 Å². The second kappa shape index (κ2) is 7.89. The summed E-state index contributed by atoms with van der Waals surface area (Å²) in [6.45, 7) is 3.10. The minimum absolute atomic E-state index is 0.0836. The largest absolute Gasteiger partial charge is 0.352 e. The lowest BCUT2D eigenvalue weighted by molar-refractivity contribution is 0.0787. The van der Waals surface area contributed by atoms with Gasteiger partial charge in [-0.3, -0.25) is 14.6 Å². The van der Waals surface area contributed by atoms with Gasteiger partial charge in [-0.2, -0.15) is 0 Å². The molecule has 0 radical (unpaired) electrons. The first-order chi connectivity index (χ1) is 10.6. The van der Waals surface area contributed by atoms with Gasteiger partial charge in [0.15, 0.2) is 0 Å². The number of aromatic nitrogens is 1. The van der Waals surface area contributed by atoms with E-state index in [0.717, 1.165) is 38.9 Å². The Kier molecular flexibility index (Phi) is 5.89. The maximum absolute atomic E-state index is 12.3. The van der Waals surface area contributed by atoms with Gasteiger partial charge < -0.3 is 15.1 Å². The summed E-state index contributed by atoms with van der Waals surface area (Å²) in [5, 5.41) is 2.87. The highest BCUT2D eigenvalue weighted by atomic mass is 16.2. The smallest absolute Gasteiger partial charge is 0.272 e. The van der Waals surface area contributed by atoms with Gasteiger partial charge in [0.1, 0.15) is 5.69 Å². The summed E-state index contributed by atoms with van der Waals surface area (Å²) in [5.74, 6) is -0.239. The van der Waals surface area contributed by atoms with Crippen molar-refractivity contribution in [2.24, 2.45) is 0 Å². The number of pyridine rings is 1. The molecule has 0 atom stereocenters. The van der Waals surface area contributed by atoms with Gasteiger partial charge in [-0.05, 0) is 52.0 Å². The molecule has 1 fully saturated rings. The molecule has 2 heterocycles. The molecule has 120 valence electrons. The van der Waals surface area contributed by atoms with Gasteiger partial charge in [0.05, 0.1) is 0 Å². The number of amides is 2. The molecule has 1 N–H and O–H groups in total. The van der Waals surface area contributed by atoms with Crippen LogP contribution in [0.2, 0.25) is 0 Å². The number of likely N-dealkylation sites (tertiary alicyclic amines) is 1. The summed E-state index contributed by atoms with van der Waals surface area (Å²) in [6.07, 6.45) is 4.50. The van der Waals surface area contributed by atoms with E-state index in [1.54, 1.807) is 17.0 Å². The van der Waals surface area contributed by atoms with E-state index >= 15 is 0 Å². The zero-order valence-electron chi connectivity index (χ0n) is 13.3. The average Bonchev–Trinajstić information content (AvgIpc) is 3.05. The van der Waals surface area contributed by atoms with Crippen LogP contribution in [0, 0.1) is 0 Å². The molecule has 0 saturated carbocycles. The predicted molar refractivity (Wildman–Crippen MR) is 84.9 cm³/mol. The number of nitrogens with zero attached hydrogens (tertiary/aromatic N) is 3. The Morgan fingerprint density at radius 2 is 2.05 bits per heavy atom. The zero-order chi connectivity index (χ0) is 15.9. The van der Waals surface area contributed by atoms with Crippen LogP contribution in [-0.2, 0) is 0 Å². The number of rotatable bonds is 6. The van der Waals surface area contributed by atoms with Crippen LogP contribution in [0.15, 0.2) is 18.3 Å². The number of carbonyl (C=O) groups excluding carboxylic acids is 2. The first kappa shape index (κ1) is 16.4. The summed E-state index contributed by atoms with van der Waals surface area (Å²) in [6, 6.07) is 3.23. The monoisotopic (exact) mass is 304 g/mol. The molecule has 0 unspecified atom stereocenters. The molecule has 1 aromatic rings. The minimum Gasteiger partial charge on any atom is -0.352 e. The van der Waals surface area contributed by atoms with Crippen molar-refractivity contribution in [1.29, 1.82) is 0 Å². The molecule has 6 nitrogen and oxygen atoms in total. The molecule has 22 heavy (non-hydrogen) atoms. The van der Waals surface area contributed by atoms with E-state index < -0.39 is 0 Å². The quantitative estimate of drug-likeness (QED) is 0.796. The van der Waals surface area contributed by atoms with Crippen molar-refractivity contribution in [3.8, 4) is 0 Å². The second-order valence-electron chi connectivity index (χ2n) is 5.84. The fraction of sp³-hybridized carbons (Fsp3) is 0.562. The van der Waals surface area contributed by atoms with Gasteiger partial charge in [0, 0.05) is 31.4 Å². The van der Waals surface area contributed by atoms with Crippen molar-refractivity contribution < 1.29 is 9.59 Å². The third-order valence-electron chi connectivity index (χ3n) is 3.70. The zero-order valence-corrected chi connectivity index (χ0v) is 13.3. The van der Waals surface area contributed by atoms with E-state index in [2.05, 4.69) is 15.2 Å². The van der Waals surface area contributed by atoms with Crippen molar-refractivity contribution >= 4 is 11.8 Å². The van der Waals surface area contributed by atoms with Gasteiger partial charge in [-0.15, -0.1) is 0 Å². The van der Waals surface area contributed by atoms with Gasteiger partial charge in [0.25, 0.3) is 11.8 Å². The van der Waals surface area contributed by atoms with E-state index in [1.807, 2.05) is 14.1 Å². The molecule has 6 heteroatoms. The summed E-state index contributed by atoms with van der Waals surface area (Å²) in [7, 11) is 4.00. The van der Waals surface area contributed by atoms with Crippen LogP contribution in [0.1, 0.15) is 40.1 Å². The molecule has 2 rings (SSSR count). The van der Waals surface area contributed by atoms with Gasteiger partial charge in [-0.25, -0.2) is 0 Å². The lowest BCUT2D eigenvalue weighted by atomic mass is 10.2. The van der Waals surface area contributed by atoms with Gasteiger partial charge in [0.2, 0.25) is 0 Å². The summed E-state index contributed by atoms with van der Waals surface area (Å²) in [4.78, 5) is 32.4. The predicted octanol–water partition coefficient (Wildman–Crippen LogP) is 0.999. The fourth-order valence-corrected chi connectivity index (χ4v) is 2.47. The number of nitrogens with one attached hydrogen (secondary N) is 1. The van der Waals surface area contributed by atoms with Crippen LogP contribution < -0.4 is 5.32 Å². The van der Waals surface area contributed by atoms with E-state index in [1.165, 1.54) is 6.20 Å². The normalized spacial score (nSPS) is 14.4. The molecule has 1 aliphatic rings. The molecule has 1 aliphatic heterocycles. The van der Waals surface area contributed by atoms with E-state index in [9.17, 15) is 9.59 Å². The first-order valence-corrected chi connectivity index (χ1v) is 7.76. The van der Waals surface area contributed by atoms with Crippen LogP contribution in [0.5, 0.6) is 0 Å². The molecule has 0 spiro atoms. The molecule has 1 aromatic heterocycles. The first-order valence-electron chi connectivity index (χ1n) is 7.76. The lowest BCUT2D eigenvalue weighted by Gasteiger charge is -2.15. The average molecular weight is 304 g/mol. The molecule has 0 bridgehead atoms. The lowest BCUT2D eigenvalue weighted by Crippen LogP contribution is -2.30. The van der Waals surface area contributed by atoms with Crippen LogP contribution in [-0.4, -0.2) is 66.9 Å². The Morgan fingerprint density at radius 1 is 1.32 bits per heavy atom. The summed E-state index contributed by atoms with van der Waals surface area (Å²) >= 11 is 0. The van der Waals surface area contributed by atoms with E-state index in [-0.39, 0.29) is 11.8 Å². The Labute approximate surface area is 131 Å². The van der Waals surface area contributed by atoms with Gasteiger partial charge in [-0.1, -0.05) is 0 Å². The summed E-state index contributed by atoms with van der Waals surface area (Å²) in [5.41, 5.74) is 0.838.